The van der Waals surface area contributed by atoms with E-state index in [0.717, 1.165) is 62.4 Å². The van der Waals surface area contributed by atoms with Crippen LogP contribution in [0.2, 0.25) is 0 Å². The van der Waals surface area contributed by atoms with Gasteiger partial charge in [-0.15, -0.1) is 0 Å². The van der Waals surface area contributed by atoms with Crippen molar-refractivity contribution >= 4 is 16.8 Å². The van der Waals surface area contributed by atoms with E-state index in [0.29, 0.717) is 5.56 Å². The lowest BCUT2D eigenvalue weighted by molar-refractivity contribution is 0.0628. The van der Waals surface area contributed by atoms with Gasteiger partial charge in [0.15, 0.2) is 0 Å². The number of ether oxygens (including phenoxy) is 1. The van der Waals surface area contributed by atoms with Gasteiger partial charge in [-0.3, -0.25) is 14.7 Å². The minimum absolute atomic E-state index is 0.0730. The maximum atomic E-state index is 12.9. The van der Waals surface area contributed by atoms with Gasteiger partial charge < -0.3 is 9.64 Å². The molecule has 3 aromatic rings. The van der Waals surface area contributed by atoms with Crippen molar-refractivity contribution < 1.29 is 9.53 Å². The van der Waals surface area contributed by atoms with Crippen LogP contribution in [0.5, 0.6) is 5.75 Å². The van der Waals surface area contributed by atoms with E-state index in [-0.39, 0.29) is 5.91 Å². The van der Waals surface area contributed by atoms with E-state index in [4.69, 9.17) is 4.74 Å². The van der Waals surface area contributed by atoms with Gasteiger partial charge in [0.2, 0.25) is 0 Å². The molecule has 1 aromatic heterocycles. The van der Waals surface area contributed by atoms with Gasteiger partial charge in [0.05, 0.1) is 17.7 Å². The zero-order valence-corrected chi connectivity index (χ0v) is 15.8. The van der Waals surface area contributed by atoms with Gasteiger partial charge in [0.1, 0.15) is 5.75 Å². The highest BCUT2D eigenvalue weighted by Gasteiger charge is 2.23. The number of carbonyl (C=O) groups excluding carboxylic acids is 1. The summed E-state index contributed by atoms with van der Waals surface area (Å²) in [6.07, 6.45) is 2.71. The van der Waals surface area contributed by atoms with Crippen molar-refractivity contribution in [2.75, 3.05) is 32.8 Å². The molecule has 1 saturated heterocycles. The lowest BCUT2D eigenvalue weighted by atomic mass is 10.1. The van der Waals surface area contributed by atoms with Crippen LogP contribution in [0.1, 0.15) is 21.5 Å². The number of rotatable bonds is 3. The molecule has 142 valence electrons. The molecule has 0 saturated carbocycles. The Balaban J connectivity index is 1.22. The number of fused-ring (bicyclic) bond motifs is 2. The molecule has 1 fully saturated rings. The number of benzene rings is 2. The molecule has 2 aliphatic heterocycles. The van der Waals surface area contributed by atoms with Gasteiger partial charge in [0, 0.05) is 50.7 Å². The van der Waals surface area contributed by atoms with Crippen molar-refractivity contribution in [1.82, 2.24) is 14.8 Å². The summed E-state index contributed by atoms with van der Waals surface area (Å²) < 4.78 is 5.68. The Hall–Kier alpha value is -2.92. The third-order valence-corrected chi connectivity index (χ3v) is 5.66. The molecule has 3 heterocycles. The van der Waals surface area contributed by atoms with Gasteiger partial charge >= 0.3 is 0 Å². The maximum absolute atomic E-state index is 12.9. The van der Waals surface area contributed by atoms with Crippen LogP contribution in [0.4, 0.5) is 0 Å². The summed E-state index contributed by atoms with van der Waals surface area (Å²) in [4.78, 5) is 21.7. The number of aromatic nitrogens is 1. The summed E-state index contributed by atoms with van der Waals surface area (Å²) in [5, 5.41) is 1.01. The largest absolute Gasteiger partial charge is 0.493 e. The highest BCUT2D eigenvalue weighted by atomic mass is 16.5. The number of nitrogens with zero attached hydrogens (tertiary/aromatic N) is 3. The van der Waals surface area contributed by atoms with Crippen LogP contribution in [0.25, 0.3) is 10.9 Å². The van der Waals surface area contributed by atoms with Gasteiger partial charge in [-0.2, -0.15) is 0 Å². The summed E-state index contributed by atoms with van der Waals surface area (Å²) in [6.45, 7) is 4.94. The van der Waals surface area contributed by atoms with Gasteiger partial charge in [-0.05, 0) is 29.3 Å². The second kappa shape index (κ2) is 7.24. The molecule has 5 heteroatoms. The molecule has 1 amide bonds. The standard InChI is InChI=1S/C23H23N3O2/c27-23(20-14-19-3-1-2-4-21(19)24-15-20)26-10-8-25(9-11-26)16-17-5-6-18-7-12-28-22(18)13-17/h1-6,13-15H,7-12,16H2. The van der Waals surface area contributed by atoms with Crippen molar-refractivity contribution in [3.63, 3.8) is 0 Å². The van der Waals surface area contributed by atoms with E-state index in [2.05, 4.69) is 28.1 Å². The first kappa shape index (κ1) is 17.2. The third kappa shape index (κ3) is 3.34. The zero-order valence-electron chi connectivity index (χ0n) is 15.8. The molecule has 0 atom stereocenters. The molecule has 0 spiro atoms. The molecule has 2 aliphatic rings. The fourth-order valence-electron chi connectivity index (χ4n) is 4.05. The van der Waals surface area contributed by atoms with E-state index < -0.39 is 0 Å². The number of para-hydroxylation sites is 1. The minimum Gasteiger partial charge on any atom is -0.493 e. The first-order valence-corrected chi connectivity index (χ1v) is 9.87. The maximum Gasteiger partial charge on any atom is 0.255 e. The van der Waals surface area contributed by atoms with Crippen LogP contribution in [0, 0.1) is 0 Å². The van der Waals surface area contributed by atoms with Crippen molar-refractivity contribution in [3.05, 3.63) is 71.4 Å². The quantitative estimate of drug-likeness (QED) is 0.708. The van der Waals surface area contributed by atoms with E-state index in [1.807, 2.05) is 35.2 Å². The molecular formula is C23H23N3O2. The van der Waals surface area contributed by atoms with Crippen molar-refractivity contribution in [2.45, 2.75) is 13.0 Å². The highest BCUT2D eigenvalue weighted by Crippen LogP contribution is 2.27. The molecule has 0 radical (unpaired) electrons. The third-order valence-electron chi connectivity index (χ3n) is 5.66. The summed E-state index contributed by atoms with van der Waals surface area (Å²) in [5.41, 5.74) is 4.17. The van der Waals surface area contributed by atoms with Crippen molar-refractivity contribution in [1.29, 1.82) is 0 Å². The zero-order chi connectivity index (χ0) is 18.9. The van der Waals surface area contributed by atoms with E-state index in [9.17, 15) is 4.79 Å². The Morgan fingerprint density at radius 2 is 1.89 bits per heavy atom. The molecule has 0 bridgehead atoms. The number of hydrogen-bond acceptors (Lipinski definition) is 4. The van der Waals surface area contributed by atoms with Crippen LogP contribution in [0.3, 0.4) is 0 Å². The number of carbonyl (C=O) groups is 1. The molecule has 2 aromatic carbocycles. The number of piperazine rings is 1. The molecule has 0 unspecified atom stereocenters. The second-order valence-electron chi connectivity index (χ2n) is 7.53. The van der Waals surface area contributed by atoms with Crippen LogP contribution in [0.15, 0.2) is 54.7 Å². The minimum atomic E-state index is 0.0730. The predicted octanol–water partition coefficient (Wildman–Crippen LogP) is 3.13. The highest BCUT2D eigenvalue weighted by molar-refractivity contribution is 5.97. The molecule has 28 heavy (non-hydrogen) atoms. The van der Waals surface area contributed by atoms with E-state index in [1.165, 1.54) is 11.1 Å². The summed E-state index contributed by atoms with van der Waals surface area (Å²) in [7, 11) is 0. The molecular weight excluding hydrogens is 350 g/mol. The SMILES string of the molecule is O=C(c1cnc2ccccc2c1)N1CCN(Cc2ccc3c(c2)OCC3)CC1. The number of amides is 1. The smallest absolute Gasteiger partial charge is 0.255 e. The topological polar surface area (TPSA) is 45.7 Å². The molecule has 5 rings (SSSR count). The Bertz CT molecular complexity index is 1030. The van der Waals surface area contributed by atoms with E-state index >= 15 is 0 Å². The molecule has 0 N–H and O–H groups in total. The average Bonchev–Trinajstić information content (AvgIpc) is 3.21. The average molecular weight is 373 g/mol. The number of pyridine rings is 1. The van der Waals surface area contributed by atoms with Gasteiger partial charge in [0.25, 0.3) is 5.91 Å². The van der Waals surface area contributed by atoms with Crippen LogP contribution in [-0.4, -0.2) is 53.5 Å². The lowest BCUT2D eigenvalue weighted by Crippen LogP contribution is -2.48. The Morgan fingerprint density at radius 3 is 2.79 bits per heavy atom. The van der Waals surface area contributed by atoms with Gasteiger partial charge in [-0.25, -0.2) is 0 Å². The fraction of sp³-hybridized carbons (Fsp3) is 0.304. The van der Waals surface area contributed by atoms with Crippen LogP contribution < -0.4 is 4.74 Å². The monoisotopic (exact) mass is 373 g/mol. The number of hydrogen-bond donors (Lipinski definition) is 0. The first-order valence-electron chi connectivity index (χ1n) is 9.87. The molecule has 0 aliphatic carbocycles. The van der Waals surface area contributed by atoms with Crippen LogP contribution >= 0.6 is 0 Å². The Kier molecular flexibility index (Phi) is 4.45. The van der Waals surface area contributed by atoms with Gasteiger partial charge in [-0.1, -0.05) is 30.3 Å². The Morgan fingerprint density at radius 1 is 1.04 bits per heavy atom. The summed E-state index contributed by atoms with van der Waals surface area (Å²) in [5.74, 6) is 1.11. The predicted molar refractivity (Wildman–Crippen MR) is 109 cm³/mol. The van der Waals surface area contributed by atoms with Crippen molar-refractivity contribution in [2.24, 2.45) is 0 Å². The van der Waals surface area contributed by atoms with Crippen LogP contribution in [-0.2, 0) is 13.0 Å². The second-order valence-corrected chi connectivity index (χ2v) is 7.53. The lowest BCUT2D eigenvalue weighted by Gasteiger charge is -2.34. The molecule has 5 nitrogen and oxygen atoms in total. The van der Waals surface area contributed by atoms with Crippen molar-refractivity contribution in [3.8, 4) is 5.75 Å². The Labute approximate surface area is 164 Å². The normalized spacial score (nSPS) is 16.8. The fourth-order valence-corrected chi connectivity index (χ4v) is 4.05. The summed E-state index contributed by atoms with van der Waals surface area (Å²) >= 11 is 0. The summed E-state index contributed by atoms with van der Waals surface area (Å²) in [6, 6.07) is 16.4. The van der Waals surface area contributed by atoms with E-state index in [1.54, 1.807) is 6.20 Å². The first-order chi connectivity index (χ1) is 13.8.